The lowest BCUT2D eigenvalue weighted by atomic mass is 9.96. The molecule has 1 aliphatic rings. The molecule has 0 bridgehead atoms. The predicted molar refractivity (Wildman–Crippen MR) is 130 cm³/mol. The van der Waals surface area contributed by atoms with E-state index < -0.39 is 0 Å². The third-order valence-corrected chi connectivity index (χ3v) is 6.11. The average Bonchev–Trinajstić information content (AvgIpc) is 3.14. The van der Waals surface area contributed by atoms with Gasteiger partial charge in [0.25, 0.3) is 0 Å². The topological polar surface area (TPSA) is 37.4 Å². The fraction of sp³-hybridized carbons (Fsp3) is 0.250. The van der Waals surface area contributed by atoms with Crippen LogP contribution < -0.4 is 10.1 Å². The molecule has 2 heterocycles. The molecule has 0 spiro atoms. The summed E-state index contributed by atoms with van der Waals surface area (Å²) in [6.07, 6.45) is 3.20. The molecule has 4 aromatic rings. The van der Waals surface area contributed by atoms with Crippen molar-refractivity contribution in [1.29, 1.82) is 0 Å². The van der Waals surface area contributed by atoms with E-state index in [1.807, 2.05) is 30.5 Å². The van der Waals surface area contributed by atoms with Crippen LogP contribution >= 0.6 is 0 Å². The molecule has 1 aliphatic heterocycles. The van der Waals surface area contributed by atoms with Crippen molar-refractivity contribution in [3.05, 3.63) is 108 Å². The molecule has 1 aromatic heterocycles. The number of hydrogen-bond acceptors (Lipinski definition) is 4. The molecule has 1 fully saturated rings. The van der Waals surface area contributed by atoms with Crippen LogP contribution in [-0.2, 0) is 6.61 Å². The van der Waals surface area contributed by atoms with Crippen LogP contribution in [0.2, 0.25) is 0 Å². The third-order valence-electron chi connectivity index (χ3n) is 6.11. The van der Waals surface area contributed by atoms with Gasteiger partial charge in [-0.3, -0.25) is 9.88 Å². The Morgan fingerprint density at radius 1 is 0.844 bits per heavy atom. The van der Waals surface area contributed by atoms with Crippen LogP contribution in [0.5, 0.6) is 5.75 Å². The third kappa shape index (κ3) is 4.82. The van der Waals surface area contributed by atoms with Crippen molar-refractivity contribution in [3.63, 3.8) is 0 Å². The van der Waals surface area contributed by atoms with Gasteiger partial charge in [-0.1, -0.05) is 60.7 Å². The summed E-state index contributed by atoms with van der Waals surface area (Å²) in [6, 6.07) is 29.7. The molecule has 0 radical (unpaired) electrons. The summed E-state index contributed by atoms with van der Waals surface area (Å²) >= 11 is 0. The van der Waals surface area contributed by atoms with Crippen molar-refractivity contribution >= 4 is 10.9 Å². The van der Waals surface area contributed by atoms with Gasteiger partial charge >= 0.3 is 0 Å². The lowest BCUT2D eigenvalue weighted by molar-refractivity contribution is 0.240. The van der Waals surface area contributed by atoms with Crippen molar-refractivity contribution in [2.45, 2.75) is 19.1 Å². The Hall–Kier alpha value is -3.21. The Labute approximate surface area is 189 Å². The van der Waals surface area contributed by atoms with Crippen LogP contribution in [0.4, 0.5) is 0 Å². The number of benzene rings is 3. The Kier molecular flexibility index (Phi) is 6.42. The first-order valence-corrected chi connectivity index (χ1v) is 11.4. The molecule has 5 rings (SSSR count). The highest BCUT2D eigenvalue weighted by atomic mass is 16.5. The van der Waals surface area contributed by atoms with E-state index in [1.165, 1.54) is 22.1 Å². The monoisotopic (exact) mass is 423 g/mol. The van der Waals surface area contributed by atoms with Gasteiger partial charge in [-0.2, -0.15) is 0 Å². The van der Waals surface area contributed by atoms with Crippen molar-refractivity contribution in [2.24, 2.45) is 0 Å². The van der Waals surface area contributed by atoms with E-state index in [1.54, 1.807) is 0 Å². The molecular weight excluding hydrogens is 394 g/mol. The van der Waals surface area contributed by atoms with Gasteiger partial charge in [0.1, 0.15) is 12.4 Å². The summed E-state index contributed by atoms with van der Waals surface area (Å²) < 4.78 is 6.02. The minimum Gasteiger partial charge on any atom is -0.489 e. The number of hydrogen-bond donors (Lipinski definition) is 1. The van der Waals surface area contributed by atoms with Gasteiger partial charge in [-0.15, -0.1) is 0 Å². The van der Waals surface area contributed by atoms with E-state index in [0.717, 1.165) is 43.9 Å². The highest BCUT2D eigenvalue weighted by Gasteiger charge is 2.24. The standard InChI is InChI=1S/C28H29N3O/c1-2-7-22(8-3-1)21-32-26-13-11-23(12-14-26)28(31-17-6-15-29-16-18-31)25-19-24-9-4-5-10-27(24)30-20-25/h1-5,7-14,19-20,28-29H,6,15-18,21H2. The first-order chi connectivity index (χ1) is 15.9. The molecule has 1 atom stereocenters. The van der Waals surface area contributed by atoms with Crippen LogP contribution in [0.15, 0.2) is 91.1 Å². The maximum atomic E-state index is 6.02. The highest BCUT2D eigenvalue weighted by molar-refractivity contribution is 5.79. The van der Waals surface area contributed by atoms with Gasteiger partial charge in [0.2, 0.25) is 0 Å². The average molecular weight is 424 g/mol. The lowest BCUT2D eigenvalue weighted by Gasteiger charge is -2.31. The Morgan fingerprint density at radius 2 is 1.66 bits per heavy atom. The number of ether oxygens (including phenoxy) is 1. The summed E-state index contributed by atoms with van der Waals surface area (Å²) in [5, 5.41) is 4.71. The predicted octanol–water partition coefficient (Wildman–Crippen LogP) is 5.20. The molecule has 4 nitrogen and oxygen atoms in total. The van der Waals surface area contributed by atoms with E-state index in [4.69, 9.17) is 9.72 Å². The molecular formula is C28H29N3O. The van der Waals surface area contributed by atoms with Crippen molar-refractivity contribution < 1.29 is 4.74 Å². The van der Waals surface area contributed by atoms with E-state index in [9.17, 15) is 0 Å². The number of nitrogens with one attached hydrogen (secondary N) is 1. The maximum absolute atomic E-state index is 6.02. The smallest absolute Gasteiger partial charge is 0.119 e. The zero-order valence-corrected chi connectivity index (χ0v) is 18.3. The van der Waals surface area contributed by atoms with Crippen molar-refractivity contribution in [3.8, 4) is 5.75 Å². The number of aromatic nitrogens is 1. The lowest BCUT2D eigenvalue weighted by Crippen LogP contribution is -2.33. The fourth-order valence-electron chi connectivity index (χ4n) is 4.46. The largest absolute Gasteiger partial charge is 0.489 e. The summed E-state index contributed by atoms with van der Waals surface area (Å²) in [7, 11) is 0. The number of nitrogens with zero attached hydrogens (tertiary/aromatic N) is 2. The zero-order chi connectivity index (χ0) is 21.6. The second-order valence-corrected chi connectivity index (χ2v) is 8.35. The van der Waals surface area contributed by atoms with Gasteiger partial charge in [0, 0.05) is 31.2 Å². The highest BCUT2D eigenvalue weighted by Crippen LogP contribution is 2.31. The number of fused-ring (bicyclic) bond motifs is 1. The first-order valence-electron chi connectivity index (χ1n) is 11.4. The minimum atomic E-state index is 0.176. The van der Waals surface area contributed by atoms with Crippen molar-refractivity contribution in [1.82, 2.24) is 15.2 Å². The minimum absolute atomic E-state index is 0.176. The van der Waals surface area contributed by atoms with Crippen LogP contribution in [0, 0.1) is 0 Å². The summed E-state index contributed by atoms with van der Waals surface area (Å²) in [5.41, 5.74) is 4.73. The molecule has 3 aromatic carbocycles. The maximum Gasteiger partial charge on any atom is 0.119 e. The second kappa shape index (κ2) is 9.94. The van der Waals surface area contributed by atoms with E-state index in [2.05, 4.69) is 70.9 Å². The quantitative estimate of drug-likeness (QED) is 0.463. The number of pyridine rings is 1. The normalized spacial score (nSPS) is 15.9. The van der Waals surface area contributed by atoms with E-state index in [-0.39, 0.29) is 6.04 Å². The van der Waals surface area contributed by atoms with E-state index >= 15 is 0 Å². The fourth-order valence-corrected chi connectivity index (χ4v) is 4.46. The molecule has 162 valence electrons. The Bertz CT molecular complexity index is 1140. The SMILES string of the molecule is c1ccc(COc2ccc(C(c3cnc4ccccc4c3)N3CCCNCC3)cc2)cc1. The summed E-state index contributed by atoms with van der Waals surface area (Å²) in [4.78, 5) is 7.33. The molecule has 0 saturated carbocycles. The van der Waals surface area contributed by atoms with Gasteiger partial charge in [0.15, 0.2) is 0 Å². The van der Waals surface area contributed by atoms with E-state index in [0.29, 0.717) is 6.61 Å². The zero-order valence-electron chi connectivity index (χ0n) is 18.3. The second-order valence-electron chi connectivity index (χ2n) is 8.35. The van der Waals surface area contributed by atoms with Gasteiger partial charge in [-0.05, 0) is 53.9 Å². The number of rotatable bonds is 6. The molecule has 4 heteroatoms. The van der Waals surface area contributed by atoms with Crippen LogP contribution in [0.3, 0.4) is 0 Å². The van der Waals surface area contributed by atoms with Crippen LogP contribution in [-0.4, -0.2) is 36.1 Å². The molecule has 1 unspecified atom stereocenters. The summed E-state index contributed by atoms with van der Waals surface area (Å²) in [5.74, 6) is 0.894. The first kappa shape index (κ1) is 20.7. The molecule has 32 heavy (non-hydrogen) atoms. The van der Waals surface area contributed by atoms with Crippen molar-refractivity contribution in [2.75, 3.05) is 26.2 Å². The Morgan fingerprint density at radius 3 is 2.53 bits per heavy atom. The molecule has 0 amide bonds. The van der Waals surface area contributed by atoms with Gasteiger partial charge in [0.05, 0.1) is 11.6 Å². The molecule has 0 aliphatic carbocycles. The molecule has 1 N–H and O–H groups in total. The van der Waals surface area contributed by atoms with Crippen LogP contribution in [0.1, 0.15) is 29.2 Å². The van der Waals surface area contributed by atoms with Gasteiger partial charge < -0.3 is 10.1 Å². The Balaban J connectivity index is 1.42. The molecule has 1 saturated heterocycles. The number of para-hydroxylation sites is 1. The summed E-state index contributed by atoms with van der Waals surface area (Å²) in [6.45, 7) is 4.75. The van der Waals surface area contributed by atoms with Gasteiger partial charge in [-0.25, -0.2) is 0 Å². The van der Waals surface area contributed by atoms with Crippen LogP contribution in [0.25, 0.3) is 10.9 Å².